The van der Waals surface area contributed by atoms with E-state index in [-0.39, 0.29) is 101 Å². The molecule has 0 N–H and O–H groups in total. The van der Waals surface area contributed by atoms with Crippen LogP contribution < -0.4 is 0 Å². The smallest absolute Gasteiger partial charge is 0.200 e. The summed E-state index contributed by atoms with van der Waals surface area (Å²) >= 11 is 0. The number of imidazole rings is 3. The van der Waals surface area contributed by atoms with Crippen molar-refractivity contribution in [3.63, 3.8) is 0 Å². The molecule has 0 aliphatic rings. The van der Waals surface area contributed by atoms with Gasteiger partial charge in [0.05, 0.1) is 83.9 Å². The maximum atomic E-state index is 10.7. The molecular weight excluding hydrogens is 859 g/mol. The number of aromatic nitrogens is 6. The number of para-hydroxylation sites is 3. The number of rotatable bonds is 6. The van der Waals surface area contributed by atoms with E-state index in [2.05, 4.69) is 38.8 Å². The average molecular weight is 880 g/mol. The molecule has 0 amide bonds. The van der Waals surface area contributed by atoms with Crippen LogP contribution in [0.1, 0.15) is 33.4 Å². The first-order valence-electron chi connectivity index (χ1n) is 20.5. The van der Waals surface area contributed by atoms with Crippen molar-refractivity contribution in [2.45, 2.75) is 0 Å². The van der Waals surface area contributed by atoms with Crippen LogP contribution in [-0.4, -0.2) is 28.7 Å². The molecule has 10 aromatic rings. The molecule has 0 unspecified atom stereocenters. The second-order valence-electron chi connectivity index (χ2n) is 15.2. The minimum Gasteiger partial charge on any atom is -0.291 e. The van der Waals surface area contributed by atoms with Crippen molar-refractivity contribution < 1.29 is 0 Å². The van der Waals surface area contributed by atoms with Crippen molar-refractivity contribution in [3.8, 4) is 87.6 Å². The summed E-state index contributed by atoms with van der Waals surface area (Å²) in [5.41, 5.74) is 3.69. The summed E-state index contributed by atoms with van der Waals surface area (Å²) in [7, 11) is 0. The molecule has 69 heavy (non-hydrogen) atoms. The minimum atomic E-state index is -0.0338. The monoisotopic (exact) mass is 879 g/mol. The third kappa shape index (κ3) is 6.32. The third-order valence-corrected chi connectivity index (χ3v) is 11.5. The minimum absolute atomic E-state index is 0.0105. The van der Waals surface area contributed by atoms with Crippen LogP contribution in [0.2, 0.25) is 0 Å². The Morgan fingerprint density at radius 2 is 0.696 bits per heavy atom. The zero-order chi connectivity index (χ0) is 47.9. The second-order valence-corrected chi connectivity index (χ2v) is 15.2. The predicted molar refractivity (Wildman–Crippen MR) is 254 cm³/mol. The summed E-state index contributed by atoms with van der Waals surface area (Å²) in [6.07, 6.45) is 0. The molecule has 15 heteroatoms. The van der Waals surface area contributed by atoms with Gasteiger partial charge in [0.2, 0.25) is 11.4 Å². The van der Waals surface area contributed by atoms with Gasteiger partial charge in [-0.3, -0.25) is 13.7 Å². The van der Waals surface area contributed by atoms with Gasteiger partial charge in [0.1, 0.15) is 50.6 Å². The quantitative estimate of drug-likeness (QED) is 0.145. The normalized spacial score (nSPS) is 10.5. The van der Waals surface area contributed by atoms with E-state index in [9.17, 15) is 31.6 Å². The molecule has 3 heterocycles. The van der Waals surface area contributed by atoms with E-state index in [1.807, 2.05) is 66.7 Å². The fraction of sp³-hybridized carbons (Fsp3) is 0. The second kappa shape index (κ2) is 16.5. The SMILES string of the molecule is [C-]#[N+]c1cc(C#N)c(-c2nc3c(c4nc(-c5c(C#N)cc(C#N)cc5[N+]#[C-])n(-c5ccccc5)c4c4nc(-c5c(C#N)cc(C#N)cc5[N+]#[C-])n(-c5ccccc5)c34)n2-c2ccccc2)c(C#N)c1. The molecule has 0 fully saturated rings. The molecule has 312 valence electrons. The molecule has 0 saturated heterocycles. The van der Waals surface area contributed by atoms with Crippen molar-refractivity contribution in [2.24, 2.45) is 0 Å². The van der Waals surface area contributed by atoms with Crippen LogP contribution in [0.5, 0.6) is 0 Å². The number of hydrogen-bond donors (Lipinski definition) is 0. The van der Waals surface area contributed by atoms with E-state index in [4.69, 9.17) is 34.7 Å². The highest BCUT2D eigenvalue weighted by Crippen LogP contribution is 2.48. The molecule has 10 rings (SSSR count). The molecule has 0 atom stereocenters. The van der Waals surface area contributed by atoms with Crippen LogP contribution in [-0.2, 0) is 0 Å². The molecule has 0 spiro atoms. The van der Waals surface area contributed by atoms with Gasteiger partial charge in [0, 0.05) is 39.3 Å². The lowest BCUT2D eigenvalue weighted by Crippen LogP contribution is -2.02. The molecule has 0 aliphatic carbocycles. The van der Waals surface area contributed by atoms with E-state index in [1.54, 1.807) is 50.1 Å². The van der Waals surface area contributed by atoms with Crippen molar-refractivity contribution >= 4 is 50.2 Å². The zero-order valence-electron chi connectivity index (χ0n) is 35.3. The number of benzene rings is 7. The summed E-state index contributed by atoms with van der Waals surface area (Å²) in [5.74, 6) is 0.346. The van der Waals surface area contributed by atoms with Gasteiger partial charge in [-0.15, -0.1) is 0 Å². The number of nitriles is 6. The maximum Gasteiger partial charge on any atom is 0.200 e. The van der Waals surface area contributed by atoms with E-state index in [1.165, 1.54) is 36.4 Å². The van der Waals surface area contributed by atoms with Crippen molar-refractivity contribution in [1.82, 2.24) is 28.7 Å². The zero-order valence-corrected chi connectivity index (χ0v) is 35.3. The fourth-order valence-electron chi connectivity index (χ4n) is 8.71. The Labute approximate surface area is 391 Å². The van der Waals surface area contributed by atoms with Gasteiger partial charge >= 0.3 is 0 Å². The Kier molecular flexibility index (Phi) is 9.89. The highest BCUT2D eigenvalue weighted by molar-refractivity contribution is 6.22. The fourth-order valence-corrected chi connectivity index (χ4v) is 8.71. The van der Waals surface area contributed by atoms with Crippen LogP contribution in [0.4, 0.5) is 17.1 Å². The van der Waals surface area contributed by atoms with Crippen LogP contribution in [0, 0.1) is 87.7 Å². The molecule has 15 nitrogen and oxygen atoms in total. The van der Waals surface area contributed by atoms with Gasteiger partial charge in [-0.05, 0) is 72.8 Å². The van der Waals surface area contributed by atoms with Crippen LogP contribution in [0.15, 0.2) is 127 Å². The topological polar surface area (TPSA) is 209 Å². The Morgan fingerprint density at radius 3 is 0.986 bits per heavy atom. The highest BCUT2D eigenvalue weighted by atomic mass is 15.2. The lowest BCUT2D eigenvalue weighted by molar-refractivity contribution is 1.10. The lowest BCUT2D eigenvalue weighted by Gasteiger charge is -2.14. The lowest BCUT2D eigenvalue weighted by atomic mass is 10.00. The van der Waals surface area contributed by atoms with Gasteiger partial charge in [-0.1, -0.05) is 54.6 Å². The van der Waals surface area contributed by atoms with Crippen molar-refractivity contribution in [1.29, 1.82) is 31.6 Å². The maximum absolute atomic E-state index is 10.7. The van der Waals surface area contributed by atoms with Crippen molar-refractivity contribution in [3.05, 3.63) is 195 Å². The Bertz CT molecular complexity index is 3710. The van der Waals surface area contributed by atoms with Gasteiger partial charge in [-0.25, -0.2) is 29.5 Å². The molecule has 7 aromatic carbocycles. The Balaban J connectivity index is 1.57. The molecule has 0 aliphatic heterocycles. The third-order valence-electron chi connectivity index (χ3n) is 11.5. The summed E-state index contributed by atoms with van der Waals surface area (Å²) in [6, 6.07) is 48.3. The average Bonchev–Trinajstić information content (AvgIpc) is 4.12. The molecule has 0 bridgehead atoms. The largest absolute Gasteiger partial charge is 0.291 e. The molecule has 0 saturated carbocycles. The van der Waals surface area contributed by atoms with Crippen molar-refractivity contribution in [2.75, 3.05) is 0 Å². The first kappa shape index (κ1) is 41.4. The summed E-state index contributed by atoms with van der Waals surface area (Å²) in [5, 5.41) is 62.8. The first-order chi connectivity index (χ1) is 33.8. The van der Waals surface area contributed by atoms with E-state index >= 15 is 0 Å². The highest BCUT2D eigenvalue weighted by Gasteiger charge is 2.33. The van der Waals surface area contributed by atoms with Gasteiger partial charge in [-0.2, -0.15) is 31.6 Å². The van der Waals surface area contributed by atoms with Gasteiger partial charge in [0.25, 0.3) is 0 Å². The number of nitrogens with zero attached hydrogens (tertiary/aromatic N) is 15. The van der Waals surface area contributed by atoms with Crippen LogP contribution in [0.3, 0.4) is 0 Å². The molecule has 3 aromatic heterocycles. The standard InChI is InChI=1S/C54H21N15/c1-61-37-23-35(29-59)43(36(24-37)30-60)52-64-46-49(67(52)38-13-7-4-8-14-38)47-51(69(40-17-11-6-12-18-40)53(65-47)44-33(27-57)19-31(25-55)21-41(44)62-2)48-50(46)68(39-15-9-5-10-16-39)54(66-48)45-34(28-58)20-32(26-56)22-42(45)63-3/h4-24H. The van der Waals surface area contributed by atoms with E-state index in [0.717, 1.165) is 0 Å². The molecule has 0 radical (unpaired) electrons. The summed E-state index contributed by atoms with van der Waals surface area (Å²) < 4.78 is 5.27. The predicted octanol–water partition coefficient (Wildman–Crippen LogP) is 11.6. The first-order valence-corrected chi connectivity index (χ1v) is 20.5. The van der Waals surface area contributed by atoms with Crippen LogP contribution in [0.25, 0.3) is 98.9 Å². The Hall–Kier alpha value is -11.6. The van der Waals surface area contributed by atoms with Gasteiger partial charge < -0.3 is 0 Å². The molecular formula is C54H21N15. The Morgan fingerprint density at radius 1 is 0.377 bits per heavy atom. The summed E-state index contributed by atoms with van der Waals surface area (Å²) in [4.78, 5) is 27.2. The van der Waals surface area contributed by atoms with Gasteiger partial charge in [0.15, 0.2) is 5.69 Å². The van der Waals surface area contributed by atoms with Crippen LogP contribution >= 0.6 is 0 Å². The summed E-state index contributed by atoms with van der Waals surface area (Å²) in [6.45, 7) is 24.4. The number of hydrogen-bond acceptors (Lipinski definition) is 9. The number of fused-ring (bicyclic) bond motifs is 6. The van der Waals surface area contributed by atoms with E-state index in [0.29, 0.717) is 33.6 Å². The van der Waals surface area contributed by atoms with E-state index < -0.39 is 0 Å².